The largest absolute Gasteiger partial charge is 0.309 e. The van der Waals surface area contributed by atoms with Crippen LogP contribution in [0.4, 0.5) is 4.39 Å². The molecule has 110 valence electrons. The number of fused-ring (bicyclic) bond motifs is 1. The fourth-order valence-electron chi connectivity index (χ4n) is 3.33. The standard InChI is InChI=1S/C19H22FN/c1-13-6-5-9-17(18(13)20)19(21-2)16-11-10-14-7-3-4-8-15(14)12-16/h5-6,9-12,19,21H,3-4,7-8H2,1-2H3. The number of nitrogens with one attached hydrogen (secondary N) is 1. The molecule has 1 N–H and O–H groups in total. The number of aryl methyl sites for hydroxylation is 3. The molecule has 0 spiro atoms. The second-order valence-corrected chi connectivity index (χ2v) is 5.94. The molecule has 1 nitrogen and oxygen atoms in total. The Hall–Kier alpha value is -1.67. The first-order valence-electron chi connectivity index (χ1n) is 7.74. The Balaban J connectivity index is 2.02. The minimum absolute atomic E-state index is 0.0860. The van der Waals surface area contributed by atoms with E-state index in [0.717, 1.165) is 17.5 Å². The molecule has 21 heavy (non-hydrogen) atoms. The third-order valence-electron chi connectivity index (χ3n) is 4.53. The molecular weight excluding hydrogens is 261 g/mol. The number of halogens is 1. The third kappa shape index (κ3) is 2.73. The molecule has 0 saturated carbocycles. The van der Waals surface area contributed by atoms with Gasteiger partial charge in [-0.15, -0.1) is 0 Å². The normalized spacial score (nSPS) is 15.6. The lowest BCUT2D eigenvalue weighted by atomic mass is 9.87. The van der Waals surface area contributed by atoms with Gasteiger partial charge >= 0.3 is 0 Å². The molecule has 0 bridgehead atoms. The molecule has 1 aliphatic rings. The Kier molecular flexibility index (Phi) is 4.07. The minimum atomic E-state index is -0.102. The van der Waals surface area contributed by atoms with E-state index in [4.69, 9.17) is 0 Å². The number of benzene rings is 2. The quantitative estimate of drug-likeness (QED) is 0.884. The highest BCUT2D eigenvalue weighted by Gasteiger charge is 2.19. The van der Waals surface area contributed by atoms with Crippen molar-refractivity contribution in [2.24, 2.45) is 0 Å². The van der Waals surface area contributed by atoms with Gasteiger partial charge in [0.2, 0.25) is 0 Å². The molecule has 1 unspecified atom stereocenters. The Labute approximate surface area is 126 Å². The van der Waals surface area contributed by atoms with Crippen LogP contribution in [0.25, 0.3) is 0 Å². The molecule has 0 aliphatic heterocycles. The van der Waals surface area contributed by atoms with Gasteiger partial charge in [-0.25, -0.2) is 4.39 Å². The summed E-state index contributed by atoms with van der Waals surface area (Å²) in [4.78, 5) is 0. The van der Waals surface area contributed by atoms with Crippen LogP contribution in [0.5, 0.6) is 0 Å². The van der Waals surface area contributed by atoms with Gasteiger partial charge in [-0.2, -0.15) is 0 Å². The van der Waals surface area contributed by atoms with Crippen molar-refractivity contribution in [1.82, 2.24) is 5.32 Å². The first-order valence-corrected chi connectivity index (χ1v) is 7.74. The summed E-state index contributed by atoms with van der Waals surface area (Å²) in [5.74, 6) is -0.102. The molecule has 2 aromatic rings. The molecule has 0 aromatic heterocycles. The van der Waals surface area contributed by atoms with Crippen molar-refractivity contribution in [2.75, 3.05) is 7.05 Å². The summed E-state index contributed by atoms with van der Waals surface area (Å²) < 4.78 is 14.4. The predicted molar refractivity (Wildman–Crippen MR) is 85.1 cm³/mol. The van der Waals surface area contributed by atoms with Gasteiger partial charge in [-0.1, -0.05) is 36.4 Å². The Morgan fingerprint density at radius 2 is 1.81 bits per heavy atom. The van der Waals surface area contributed by atoms with Gasteiger partial charge in [0, 0.05) is 5.56 Å². The van der Waals surface area contributed by atoms with E-state index >= 15 is 0 Å². The average Bonchev–Trinajstić information content (AvgIpc) is 2.52. The van der Waals surface area contributed by atoms with Crippen molar-refractivity contribution in [3.8, 4) is 0 Å². The van der Waals surface area contributed by atoms with Gasteiger partial charge < -0.3 is 5.32 Å². The van der Waals surface area contributed by atoms with Crippen LogP contribution in [0, 0.1) is 12.7 Å². The topological polar surface area (TPSA) is 12.0 Å². The zero-order valence-electron chi connectivity index (χ0n) is 12.7. The van der Waals surface area contributed by atoms with E-state index in [1.807, 2.05) is 32.2 Å². The van der Waals surface area contributed by atoms with E-state index in [9.17, 15) is 4.39 Å². The first kappa shape index (κ1) is 14.3. The average molecular weight is 283 g/mol. The van der Waals surface area contributed by atoms with Crippen LogP contribution < -0.4 is 5.32 Å². The summed E-state index contributed by atoms with van der Waals surface area (Å²) in [6.45, 7) is 1.82. The maximum absolute atomic E-state index is 14.4. The summed E-state index contributed by atoms with van der Waals surface area (Å²) in [6, 6.07) is 12.2. The molecule has 0 heterocycles. The third-order valence-corrected chi connectivity index (χ3v) is 4.53. The Morgan fingerprint density at radius 1 is 1.05 bits per heavy atom. The Morgan fingerprint density at radius 3 is 2.57 bits per heavy atom. The lowest BCUT2D eigenvalue weighted by molar-refractivity contribution is 0.568. The van der Waals surface area contributed by atoms with Crippen LogP contribution in [0.1, 0.15) is 46.7 Å². The molecule has 3 rings (SSSR count). The first-order chi connectivity index (χ1) is 10.2. The van der Waals surface area contributed by atoms with E-state index in [1.54, 1.807) is 0 Å². The fraction of sp³-hybridized carbons (Fsp3) is 0.368. The zero-order chi connectivity index (χ0) is 14.8. The lowest BCUT2D eigenvalue weighted by Gasteiger charge is -2.22. The molecule has 1 aliphatic carbocycles. The van der Waals surface area contributed by atoms with Crippen molar-refractivity contribution < 1.29 is 4.39 Å². The van der Waals surface area contributed by atoms with Crippen molar-refractivity contribution in [3.05, 3.63) is 70.0 Å². The van der Waals surface area contributed by atoms with Crippen LogP contribution in [0.15, 0.2) is 36.4 Å². The maximum Gasteiger partial charge on any atom is 0.131 e. The van der Waals surface area contributed by atoms with Gasteiger partial charge in [0.25, 0.3) is 0 Å². The predicted octanol–water partition coefficient (Wildman–Crippen LogP) is 4.32. The summed E-state index contributed by atoms with van der Waals surface area (Å²) in [5, 5.41) is 3.27. The lowest BCUT2D eigenvalue weighted by Crippen LogP contribution is -2.20. The van der Waals surface area contributed by atoms with Crippen LogP contribution in [0.2, 0.25) is 0 Å². The SMILES string of the molecule is CNC(c1ccc2c(c1)CCCC2)c1cccc(C)c1F. The monoisotopic (exact) mass is 283 g/mol. The Bertz CT molecular complexity index is 648. The van der Waals surface area contributed by atoms with Gasteiger partial charge in [0.05, 0.1) is 6.04 Å². The smallest absolute Gasteiger partial charge is 0.131 e. The molecule has 2 aromatic carbocycles. The van der Waals surface area contributed by atoms with Gasteiger partial charge in [-0.3, -0.25) is 0 Å². The van der Waals surface area contributed by atoms with Crippen LogP contribution >= 0.6 is 0 Å². The minimum Gasteiger partial charge on any atom is -0.309 e. The zero-order valence-corrected chi connectivity index (χ0v) is 12.7. The number of hydrogen-bond donors (Lipinski definition) is 1. The highest BCUT2D eigenvalue weighted by Crippen LogP contribution is 2.29. The molecular formula is C19H22FN. The van der Waals surface area contributed by atoms with Crippen LogP contribution in [-0.2, 0) is 12.8 Å². The fourth-order valence-corrected chi connectivity index (χ4v) is 3.33. The molecule has 0 saturated heterocycles. The van der Waals surface area contributed by atoms with Crippen molar-refractivity contribution >= 4 is 0 Å². The van der Waals surface area contributed by atoms with Gasteiger partial charge in [0.15, 0.2) is 0 Å². The summed E-state index contributed by atoms with van der Waals surface area (Å²) >= 11 is 0. The second kappa shape index (κ2) is 5.98. The number of rotatable bonds is 3. The molecule has 1 atom stereocenters. The highest BCUT2D eigenvalue weighted by molar-refractivity contribution is 5.40. The maximum atomic E-state index is 14.4. The van der Waals surface area contributed by atoms with Crippen LogP contribution in [-0.4, -0.2) is 7.05 Å². The van der Waals surface area contributed by atoms with E-state index in [2.05, 4.69) is 23.5 Å². The second-order valence-electron chi connectivity index (χ2n) is 5.94. The summed E-state index contributed by atoms with van der Waals surface area (Å²) in [6.07, 6.45) is 4.88. The van der Waals surface area contributed by atoms with E-state index < -0.39 is 0 Å². The number of hydrogen-bond acceptors (Lipinski definition) is 1. The molecule has 0 radical (unpaired) electrons. The van der Waals surface area contributed by atoms with Crippen molar-refractivity contribution in [2.45, 2.75) is 38.6 Å². The van der Waals surface area contributed by atoms with E-state index in [1.165, 1.54) is 30.4 Å². The van der Waals surface area contributed by atoms with Crippen LogP contribution in [0.3, 0.4) is 0 Å². The summed E-state index contributed by atoms with van der Waals surface area (Å²) in [7, 11) is 1.89. The van der Waals surface area contributed by atoms with E-state index in [0.29, 0.717) is 5.56 Å². The molecule has 0 amide bonds. The van der Waals surface area contributed by atoms with Crippen molar-refractivity contribution in [3.63, 3.8) is 0 Å². The molecule has 2 heteroatoms. The van der Waals surface area contributed by atoms with Gasteiger partial charge in [-0.05, 0) is 61.9 Å². The summed E-state index contributed by atoms with van der Waals surface area (Å²) in [5.41, 5.74) is 5.48. The van der Waals surface area contributed by atoms with Crippen molar-refractivity contribution in [1.29, 1.82) is 0 Å². The van der Waals surface area contributed by atoms with E-state index in [-0.39, 0.29) is 11.9 Å². The molecule has 0 fully saturated rings. The van der Waals surface area contributed by atoms with Gasteiger partial charge in [0.1, 0.15) is 5.82 Å². The highest BCUT2D eigenvalue weighted by atomic mass is 19.1.